The van der Waals surface area contributed by atoms with E-state index in [1.165, 1.54) is 40.8 Å². The molecule has 0 radical (unpaired) electrons. The van der Waals surface area contributed by atoms with Crippen LogP contribution in [0.4, 0.5) is 11.4 Å². The van der Waals surface area contributed by atoms with Gasteiger partial charge in [0.05, 0.1) is 0 Å². The van der Waals surface area contributed by atoms with Crippen LogP contribution >= 0.6 is 0 Å². The number of piperazine rings is 1. The van der Waals surface area contributed by atoms with Gasteiger partial charge in [-0.2, -0.15) is 0 Å². The predicted octanol–water partition coefficient (Wildman–Crippen LogP) is 6.61. The van der Waals surface area contributed by atoms with Crippen molar-refractivity contribution in [1.82, 2.24) is 15.1 Å². The number of carbonyl (C=O) groups is 3. The van der Waals surface area contributed by atoms with E-state index in [4.69, 9.17) is 0 Å². The number of carbonyl (C=O) groups excluding carboxylic acids is 3. The Morgan fingerprint density at radius 3 is 2.20 bits per heavy atom. The molecule has 284 valence electrons. The van der Waals surface area contributed by atoms with Gasteiger partial charge in [-0.15, -0.1) is 0 Å². The highest BCUT2D eigenvalue weighted by Crippen LogP contribution is 2.51. The minimum absolute atomic E-state index is 0.122. The molecule has 0 spiro atoms. The van der Waals surface area contributed by atoms with Crippen LogP contribution in [0.1, 0.15) is 95.0 Å². The van der Waals surface area contributed by atoms with E-state index in [1.54, 1.807) is 4.90 Å². The molecule has 4 aromatic carbocycles. The van der Waals surface area contributed by atoms with Crippen LogP contribution in [0, 0.1) is 5.92 Å². The maximum Gasteiger partial charge on any atom is 0.255 e. The Hall–Kier alpha value is -5.15. The summed E-state index contributed by atoms with van der Waals surface area (Å²) in [6, 6.07) is 31.8. The second-order valence-corrected chi connectivity index (χ2v) is 16.5. The molecule has 4 aromatic rings. The van der Waals surface area contributed by atoms with Gasteiger partial charge in [0.2, 0.25) is 11.8 Å². The van der Waals surface area contributed by atoms with E-state index in [0.717, 1.165) is 63.5 Å². The molecule has 9 rings (SSSR count). The SMILES string of the molecule is C[C@@H]1C[C@@H](c2ccccc2)[C@@H](c2ccc(N3CCC(CN4CCN(c5ccc6c(c5)CN([C@H]5CCC(=O)NC5=O)C6=O)CC4)CC3)cc2)c2ccc(O)cc21. The quantitative estimate of drug-likeness (QED) is 0.206. The molecule has 0 bridgehead atoms. The van der Waals surface area contributed by atoms with Crippen molar-refractivity contribution in [2.75, 3.05) is 55.6 Å². The number of fused-ring (bicyclic) bond motifs is 2. The molecule has 9 nitrogen and oxygen atoms in total. The zero-order chi connectivity index (χ0) is 37.6. The van der Waals surface area contributed by atoms with Gasteiger partial charge >= 0.3 is 0 Å². The molecule has 4 atom stereocenters. The average Bonchev–Trinajstić information content (AvgIpc) is 3.53. The van der Waals surface area contributed by atoms with E-state index in [2.05, 4.69) is 93.7 Å². The Balaban J connectivity index is 0.786. The first-order valence-electron chi connectivity index (χ1n) is 20.3. The zero-order valence-electron chi connectivity index (χ0n) is 31.7. The Labute approximate surface area is 323 Å². The van der Waals surface area contributed by atoms with Crippen molar-refractivity contribution < 1.29 is 19.5 Å². The van der Waals surface area contributed by atoms with Crippen molar-refractivity contribution in [3.8, 4) is 5.75 Å². The molecule has 55 heavy (non-hydrogen) atoms. The fourth-order valence-corrected chi connectivity index (χ4v) is 10.2. The maximum atomic E-state index is 13.2. The molecular formula is C46H51N5O4. The lowest BCUT2D eigenvalue weighted by Crippen LogP contribution is -2.52. The summed E-state index contributed by atoms with van der Waals surface area (Å²) >= 11 is 0. The van der Waals surface area contributed by atoms with Crippen LogP contribution in [0.5, 0.6) is 5.75 Å². The number of benzene rings is 4. The third-order valence-corrected chi connectivity index (χ3v) is 13.2. The number of hydrogen-bond donors (Lipinski definition) is 2. The van der Waals surface area contributed by atoms with E-state index >= 15 is 0 Å². The lowest BCUT2D eigenvalue weighted by molar-refractivity contribution is -0.136. The summed E-state index contributed by atoms with van der Waals surface area (Å²) in [7, 11) is 0. The number of rotatable bonds is 7. The van der Waals surface area contributed by atoms with E-state index in [1.807, 2.05) is 24.3 Å². The lowest BCUT2D eigenvalue weighted by Gasteiger charge is -2.40. The van der Waals surface area contributed by atoms with Gasteiger partial charge in [-0.05, 0) is 114 Å². The Bertz CT molecular complexity index is 2070. The van der Waals surface area contributed by atoms with Crippen molar-refractivity contribution in [3.63, 3.8) is 0 Å². The molecule has 1 aliphatic carbocycles. The fourth-order valence-electron chi connectivity index (χ4n) is 10.2. The van der Waals surface area contributed by atoms with Gasteiger partial charge in [0, 0.05) is 81.6 Å². The zero-order valence-corrected chi connectivity index (χ0v) is 31.7. The van der Waals surface area contributed by atoms with E-state index in [-0.39, 0.29) is 30.1 Å². The maximum absolute atomic E-state index is 13.2. The Morgan fingerprint density at radius 2 is 1.45 bits per heavy atom. The second-order valence-electron chi connectivity index (χ2n) is 16.5. The molecule has 5 aliphatic rings. The smallest absolute Gasteiger partial charge is 0.255 e. The van der Waals surface area contributed by atoms with Crippen LogP contribution in [-0.4, -0.2) is 84.5 Å². The average molecular weight is 738 g/mol. The van der Waals surface area contributed by atoms with E-state index in [0.29, 0.717) is 42.0 Å². The third-order valence-electron chi connectivity index (χ3n) is 13.2. The van der Waals surface area contributed by atoms with Crippen LogP contribution in [0.2, 0.25) is 0 Å². The van der Waals surface area contributed by atoms with Crippen molar-refractivity contribution in [3.05, 3.63) is 124 Å². The number of hydrogen-bond acceptors (Lipinski definition) is 7. The number of imide groups is 1. The molecule has 4 heterocycles. The largest absolute Gasteiger partial charge is 0.508 e. The number of nitrogens with zero attached hydrogens (tertiary/aromatic N) is 4. The van der Waals surface area contributed by atoms with Crippen molar-refractivity contribution in [2.24, 2.45) is 5.92 Å². The number of anilines is 2. The van der Waals surface area contributed by atoms with Crippen molar-refractivity contribution in [1.29, 1.82) is 0 Å². The summed E-state index contributed by atoms with van der Waals surface area (Å²) < 4.78 is 0. The molecule has 4 aliphatic heterocycles. The summed E-state index contributed by atoms with van der Waals surface area (Å²) in [5.41, 5.74) is 9.39. The number of piperidine rings is 2. The lowest BCUT2D eigenvalue weighted by atomic mass is 9.66. The van der Waals surface area contributed by atoms with Gasteiger partial charge in [-0.1, -0.05) is 55.5 Å². The Kier molecular flexibility index (Phi) is 9.58. The Morgan fingerprint density at radius 1 is 0.727 bits per heavy atom. The summed E-state index contributed by atoms with van der Waals surface area (Å²) in [5, 5.41) is 12.7. The van der Waals surface area contributed by atoms with E-state index < -0.39 is 6.04 Å². The molecule has 0 saturated carbocycles. The van der Waals surface area contributed by atoms with E-state index in [9.17, 15) is 19.5 Å². The topological polar surface area (TPSA) is 96.4 Å². The molecule has 2 N–H and O–H groups in total. The third kappa shape index (κ3) is 6.99. The standard InChI is InChI=1S/C46H51N5O4/c1-30-25-41(32-5-3-2-4-6-32)44(39-14-12-37(52)27-40(30)39)33-7-9-35(10-8-33)49-19-17-31(18-20-49)28-48-21-23-50(24-22-48)36-11-13-38-34(26-36)29-51(46(38)55)42-15-16-43(53)47-45(42)54/h2-14,26-27,30-31,41-42,44,52H,15-25,28-29H2,1H3,(H,47,53,54)/t30-,41+,42+,44+/m1/s1. The van der Waals surface area contributed by atoms with Crippen LogP contribution in [0.25, 0.3) is 0 Å². The highest BCUT2D eigenvalue weighted by Gasteiger charge is 2.40. The van der Waals surface area contributed by atoms with Gasteiger partial charge < -0.3 is 19.8 Å². The van der Waals surface area contributed by atoms with Crippen LogP contribution in [0.3, 0.4) is 0 Å². The van der Waals surface area contributed by atoms with Crippen LogP contribution in [0.15, 0.2) is 91.0 Å². The summed E-state index contributed by atoms with van der Waals surface area (Å²) in [6.45, 7) is 9.92. The molecule has 9 heteroatoms. The number of amides is 3. The molecular weight excluding hydrogens is 687 g/mol. The molecule has 3 amide bonds. The van der Waals surface area contributed by atoms with Gasteiger partial charge in [0.15, 0.2) is 0 Å². The first kappa shape index (κ1) is 35.5. The van der Waals surface area contributed by atoms with Crippen molar-refractivity contribution in [2.45, 2.75) is 69.4 Å². The minimum Gasteiger partial charge on any atom is -0.508 e. The predicted molar refractivity (Wildman–Crippen MR) is 215 cm³/mol. The first-order chi connectivity index (χ1) is 26.8. The number of nitrogens with one attached hydrogen (secondary N) is 1. The molecule has 3 fully saturated rings. The van der Waals surface area contributed by atoms with Gasteiger partial charge in [-0.25, -0.2) is 0 Å². The summed E-state index contributed by atoms with van der Waals surface area (Å²) in [4.78, 5) is 46.5. The van der Waals surface area contributed by atoms with Gasteiger partial charge in [0.25, 0.3) is 5.91 Å². The number of phenolic OH excluding ortho intramolecular Hbond substituents is 1. The molecule has 0 unspecified atom stereocenters. The highest BCUT2D eigenvalue weighted by atomic mass is 16.3. The fraction of sp³-hybridized carbons (Fsp3) is 0.413. The van der Waals surface area contributed by atoms with Crippen molar-refractivity contribution >= 4 is 29.1 Å². The summed E-state index contributed by atoms with van der Waals surface area (Å²) in [6.07, 6.45) is 4.08. The first-order valence-corrected chi connectivity index (χ1v) is 20.3. The van der Waals surface area contributed by atoms with Gasteiger partial charge in [-0.3, -0.25) is 24.6 Å². The second kappa shape index (κ2) is 14.8. The highest BCUT2D eigenvalue weighted by molar-refractivity contribution is 6.05. The number of phenols is 1. The molecule has 0 aromatic heterocycles. The van der Waals surface area contributed by atoms with Crippen LogP contribution < -0.4 is 15.1 Å². The minimum atomic E-state index is -0.586. The summed E-state index contributed by atoms with van der Waals surface area (Å²) in [5.74, 6) is 1.29. The van der Waals surface area contributed by atoms with Gasteiger partial charge in [0.1, 0.15) is 11.8 Å². The number of aromatic hydroxyl groups is 1. The normalized spacial score (nSPS) is 24.8. The van der Waals surface area contributed by atoms with Crippen LogP contribution in [-0.2, 0) is 16.1 Å². The molecule has 3 saturated heterocycles. The monoisotopic (exact) mass is 737 g/mol.